The Morgan fingerprint density at radius 2 is 2.19 bits per heavy atom. The number of aromatic nitrogens is 3. The largest absolute Gasteiger partial charge is 0.306 e. The maximum absolute atomic E-state index is 4.67. The molecule has 0 N–H and O–H groups in total. The third-order valence-electron chi connectivity index (χ3n) is 2.98. The molecule has 0 saturated carbocycles. The summed E-state index contributed by atoms with van der Waals surface area (Å²) in [6, 6.07) is 4.23. The molecule has 0 fully saturated rings. The highest BCUT2D eigenvalue weighted by molar-refractivity contribution is 5.91. The van der Waals surface area contributed by atoms with E-state index in [4.69, 9.17) is 0 Å². The van der Waals surface area contributed by atoms with Crippen molar-refractivity contribution < 1.29 is 0 Å². The highest BCUT2D eigenvalue weighted by Crippen LogP contribution is 2.20. The van der Waals surface area contributed by atoms with Crippen molar-refractivity contribution in [2.45, 2.75) is 20.3 Å². The van der Waals surface area contributed by atoms with Gasteiger partial charge in [0.25, 0.3) is 0 Å². The number of aryl methyl sites for hydroxylation is 2. The summed E-state index contributed by atoms with van der Waals surface area (Å²) in [7, 11) is 0. The van der Waals surface area contributed by atoms with Crippen LogP contribution in [0.25, 0.3) is 16.6 Å². The van der Waals surface area contributed by atoms with Crippen LogP contribution in [0.15, 0.2) is 30.7 Å². The molecular formula is C13H13N3. The van der Waals surface area contributed by atoms with Gasteiger partial charge in [0.15, 0.2) is 0 Å². The van der Waals surface area contributed by atoms with Crippen molar-refractivity contribution in [1.29, 1.82) is 0 Å². The van der Waals surface area contributed by atoms with Crippen molar-refractivity contribution in [1.82, 2.24) is 14.4 Å². The minimum Gasteiger partial charge on any atom is -0.306 e. The van der Waals surface area contributed by atoms with Crippen LogP contribution in [-0.2, 0) is 6.42 Å². The van der Waals surface area contributed by atoms with E-state index in [1.165, 1.54) is 11.3 Å². The van der Waals surface area contributed by atoms with Crippen LogP contribution in [0.4, 0.5) is 0 Å². The quantitative estimate of drug-likeness (QED) is 0.619. The Bertz CT molecular complexity index is 667. The second-order valence-corrected chi connectivity index (χ2v) is 4.01. The second-order valence-electron chi connectivity index (χ2n) is 4.01. The van der Waals surface area contributed by atoms with Crippen LogP contribution in [0.3, 0.4) is 0 Å². The van der Waals surface area contributed by atoms with Gasteiger partial charge in [-0.25, -0.2) is 4.98 Å². The highest BCUT2D eigenvalue weighted by Gasteiger charge is 2.05. The van der Waals surface area contributed by atoms with Gasteiger partial charge in [-0.05, 0) is 31.0 Å². The highest BCUT2D eigenvalue weighted by atomic mass is 15.0. The summed E-state index contributed by atoms with van der Waals surface area (Å²) in [5.41, 5.74) is 4.42. The number of hydrogen-bond donors (Lipinski definition) is 0. The molecule has 3 aromatic heterocycles. The molecule has 3 heteroatoms. The first-order chi connectivity index (χ1) is 7.79. The number of imidazole rings is 1. The standard InChI is InChI=1S/C13H13N3/c1-3-11-9(2)8-10-12(15-11)4-6-16-7-5-14-13(10)16/h4-8H,3H2,1-2H3. The number of rotatable bonds is 1. The second kappa shape index (κ2) is 3.30. The third kappa shape index (κ3) is 1.21. The topological polar surface area (TPSA) is 30.2 Å². The molecule has 16 heavy (non-hydrogen) atoms. The van der Waals surface area contributed by atoms with Crippen LogP contribution in [0.5, 0.6) is 0 Å². The first kappa shape index (κ1) is 9.33. The normalized spacial score (nSPS) is 11.4. The molecule has 80 valence electrons. The molecular weight excluding hydrogens is 198 g/mol. The molecule has 0 aliphatic rings. The minimum absolute atomic E-state index is 0.974. The molecule has 3 rings (SSSR count). The SMILES string of the molecule is CCc1nc2ccn3ccnc3c2cc1C. The Hall–Kier alpha value is -1.90. The predicted octanol–water partition coefficient (Wildman–Crippen LogP) is 2.75. The van der Waals surface area contributed by atoms with Gasteiger partial charge in [0.05, 0.1) is 5.52 Å². The molecule has 0 bridgehead atoms. The Morgan fingerprint density at radius 3 is 3.00 bits per heavy atom. The Kier molecular flexibility index (Phi) is 1.93. The summed E-state index contributed by atoms with van der Waals surface area (Å²) >= 11 is 0. The Balaban J connectivity index is 2.47. The van der Waals surface area contributed by atoms with Crippen LogP contribution in [0, 0.1) is 6.92 Å². The van der Waals surface area contributed by atoms with Gasteiger partial charge in [-0.3, -0.25) is 4.98 Å². The first-order valence-electron chi connectivity index (χ1n) is 5.51. The molecule has 0 aliphatic carbocycles. The van der Waals surface area contributed by atoms with Crippen LogP contribution in [0.2, 0.25) is 0 Å². The van der Waals surface area contributed by atoms with Crippen molar-refractivity contribution in [3.8, 4) is 0 Å². The van der Waals surface area contributed by atoms with E-state index in [1.807, 2.05) is 29.1 Å². The lowest BCUT2D eigenvalue weighted by atomic mass is 10.1. The summed E-state index contributed by atoms with van der Waals surface area (Å²) in [6.45, 7) is 4.24. The average molecular weight is 211 g/mol. The third-order valence-corrected chi connectivity index (χ3v) is 2.98. The van der Waals surface area contributed by atoms with Gasteiger partial charge in [-0.2, -0.15) is 0 Å². The summed E-state index contributed by atoms with van der Waals surface area (Å²) in [5, 5.41) is 1.13. The van der Waals surface area contributed by atoms with Gasteiger partial charge < -0.3 is 4.40 Å². The molecule has 0 unspecified atom stereocenters. The molecule has 0 spiro atoms. The molecule has 0 saturated heterocycles. The summed E-state index contributed by atoms with van der Waals surface area (Å²) in [6.07, 6.45) is 6.75. The lowest BCUT2D eigenvalue weighted by Gasteiger charge is -2.06. The first-order valence-corrected chi connectivity index (χ1v) is 5.51. The van der Waals surface area contributed by atoms with Crippen molar-refractivity contribution in [2.24, 2.45) is 0 Å². The van der Waals surface area contributed by atoms with E-state index in [1.54, 1.807) is 0 Å². The van der Waals surface area contributed by atoms with Gasteiger partial charge in [0, 0.05) is 29.7 Å². The number of pyridine rings is 2. The van der Waals surface area contributed by atoms with E-state index in [0.717, 1.165) is 23.0 Å². The van der Waals surface area contributed by atoms with Gasteiger partial charge >= 0.3 is 0 Å². The zero-order valence-electron chi connectivity index (χ0n) is 9.44. The van der Waals surface area contributed by atoms with Gasteiger partial charge in [0.2, 0.25) is 0 Å². The molecule has 0 aromatic carbocycles. The van der Waals surface area contributed by atoms with E-state index in [2.05, 4.69) is 29.9 Å². The summed E-state index contributed by atoms with van der Waals surface area (Å²) in [5.74, 6) is 0. The molecule has 0 radical (unpaired) electrons. The molecule has 3 nitrogen and oxygen atoms in total. The van der Waals surface area contributed by atoms with Crippen molar-refractivity contribution in [3.05, 3.63) is 42.0 Å². The summed E-state index contributed by atoms with van der Waals surface area (Å²) < 4.78 is 2.02. The summed E-state index contributed by atoms with van der Waals surface area (Å²) in [4.78, 5) is 9.04. The van der Waals surface area contributed by atoms with Crippen molar-refractivity contribution in [2.75, 3.05) is 0 Å². The maximum atomic E-state index is 4.67. The molecule has 0 aliphatic heterocycles. The van der Waals surface area contributed by atoms with Crippen molar-refractivity contribution >= 4 is 16.6 Å². The zero-order valence-corrected chi connectivity index (χ0v) is 9.44. The lowest BCUT2D eigenvalue weighted by molar-refractivity contribution is 1.03. The molecule has 3 heterocycles. The van der Waals surface area contributed by atoms with E-state index in [0.29, 0.717) is 0 Å². The Morgan fingerprint density at radius 1 is 1.31 bits per heavy atom. The van der Waals surface area contributed by atoms with Crippen LogP contribution in [0.1, 0.15) is 18.2 Å². The van der Waals surface area contributed by atoms with Gasteiger partial charge in [0.1, 0.15) is 5.65 Å². The monoisotopic (exact) mass is 211 g/mol. The van der Waals surface area contributed by atoms with Gasteiger partial charge in [-0.15, -0.1) is 0 Å². The van der Waals surface area contributed by atoms with Gasteiger partial charge in [-0.1, -0.05) is 6.92 Å². The Labute approximate surface area is 93.8 Å². The van der Waals surface area contributed by atoms with E-state index >= 15 is 0 Å². The lowest BCUT2D eigenvalue weighted by Crippen LogP contribution is -1.95. The number of fused-ring (bicyclic) bond motifs is 3. The number of hydrogen-bond acceptors (Lipinski definition) is 2. The van der Waals surface area contributed by atoms with E-state index < -0.39 is 0 Å². The smallest absolute Gasteiger partial charge is 0.146 e. The average Bonchev–Trinajstić information content (AvgIpc) is 2.76. The zero-order chi connectivity index (χ0) is 11.1. The molecule has 3 aromatic rings. The van der Waals surface area contributed by atoms with Crippen molar-refractivity contribution in [3.63, 3.8) is 0 Å². The van der Waals surface area contributed by atoms with Crippen LogP contribution >= 0.6 is 0 Å². The maximum Gasteiger partial charge on any atom is 0.146 e. The fourth-order valence-electron chi connectivity index (χ4n) is 2.12. The minimum atomic E-state index is 0.974. The van der Waals surface area contributed by atoms with E-state index in [-0.39, 0.29) is 0 Å². The number of nitrogens with zero attached hydrogens (tertiary/aromatic N) is 3. The fourth-order valence-corrected chi connectivity index (χ4v) is 2.12. The predicted molar refractivity (Wildman–Crippen MR) is 64.6 cm³/mol. The van der Waals surface area contributed by atoms with Crippen LogP contribution < -0.4 is 0 Å². The molecule has 0 atom stereocenters. The fraction of sp³-hybridized carbons (Fsp3) is 0.231. The molecule has 0 amide bonds. The van der Waals surface area contributed by atoms with E-state index in [9.17, 15) is 0 Å². The van der Waals surface area contributed by atoms with Crippen LogP contribution in [-0.4, -0.2) is 14.4 Å².